The Bertz CT molecular complexity index is 326. The number of methoxy groups -OCH3 is 1. The van der Waals surface area contributed by atoms with E-state index in [-0.39, 0.29) is 30.7 Å². The first-order valence-corrected chi connectivity index (χ1v) is 8.00. The first-order chi connectivity index (χ1) is 9.72. The van der Waals surface area contributed by atoms with Gasteiger partial charge >= 0.3 is 0 Å². The van der Waals surface area contributed by atoms with Crippen molar-refractivity contribution in [2.75, 3.05) is 39.8 Å². The second-order valence-corrected chi connectivity index (χ2v) is 5.94. The van der Waals surface area contributed by atoms with E-state index >= 15 is 0 Å². The van der Waals surface area contributed by atoms with Gasteiger partial charge in [0.05, 0.1) is 0 Å². The fraction of sp³-hybridized carbons (Fsp3) is 0.933. The van der Waals surface area contributed by atoms with Gasteiger partial charge in [0.2, 0.25) is 0 Å². The van der Waals surface area contributed by atoms with Gasteiger partial charge in [0.1, 0.15) is 5.60 Å². The lowest BCUT2D eigenvalue weighted by Gasteiger charge is -2.38. The van der Waals surface area contributed by atoms with Gasteiger partial charge in [-0.1, -0.05) is 13.3 Å². The van der Waals surface area contributed by atoms with Crippen LogP contribution in [0.15, 0.2) is 0 Å². The van der Waals surface area contributed by atoms with Gasteiger partial charge in [0.15, 0.2) is 0 Å². The molecular weight excluding hydrogens is 325 g/mol. The highest BCUT2D eigenvalue weighted by Gasteiger charge is 2.39. The van der Waals surface area contributed by atoms with Crippen LogP contribution in [-0.2, 0) is 9.53 Å². The quantitative estimate of drug-likeness (QED) is 0.786. The highest BCUT2D eigenvalue weighted by Crippen LogP contribution is 2.23. The number of hydrogen-bond donors (Lipinski definition) is 2. The second kappa shape index (κ2) is 10.7. The monoisotopic (exact) mass is 355 g/mol. The zero-order chi connectivity index (χ0) is 14.4. The molecule has 0 spiro atoms. The highest BCUT2D eigenvalue weighted by atomic mass is 35.5. The number of likely N-dealkylation sites (N-methyl/N-ethyl adjacent to an activating group) is 1. The minimum absolute atomic E-state index is 0. The van der Waals surface area contributed by atoms with E-state index in [0.717, 1.165) is 45.6 Å². The summed E-state index contributed by atoms with van der Waals surface area (Å²) in [5.41, 5.74) is -0.614. The standard InChI is InChI=1S/C15H29N3O2.2ClH/c1-3-18-11-5-4-6-13(18)12-17-14(19)15(20-2)7-9-16-10-8-15;;/h13,16H,3-12H2,1-2H3,(H,17,19);2*1H. The predicted octanol–water partition coefficient (Wildman–Crippen LogP) is 1.59. The molecule has 2 rings (SSSR count). The summed E-state index contributed by atoms with van der Waals surface area (Å²) in [5.74, 6) is 0.0723. The number of rotatable bonds is 5. The van der Waals surface area contributed by atoms with E-state index in [9.17, 15) is 4.79 Å². The van der Waals surface area contributed by atoms with Crippen LogP contribution < -0.4 is 10.6 Å². The minimum atomic E-state index is -0.614. The number of nitrogens with one attached hydrogen (secondary N) is 2. The number of ether oxygens (including phenoxy) is 1. The van der Waals surface area contributed by atoms with E-state index in [1.165, 1.54) is 19.3 Å². The maximum absolute atomic E-state index is 12.5. The molecule has 22 heavy (non-hydrogen) atoms. The maximum Gasteiger partial charge on any atom is 0.252 e. The summed E-state index contributed by atoms with van der Waals surface area (Å²) in [6, 6.07) is 0.494. The van der Waals surface area contributed by atoms with Gasteiger partial charge in [-0.25, -0.2) is 0 Å². The molecule has 2 aliphatic heterocycles. The number of carbonyl (C=O) groups excluding carboxylic acids is 1. The van der Waals surface area contributed by atoms with Crippen LogP contribution in [-0.4, -0.2) is 62.3 Å². The summed E-state index contributed by atoms with van der Waals surface area (Å²) in [6.07, 6.45) is 5.27. The molecule has 132 valence electrons. The Hall–Kier alpha value is -0.0700. The molecule has 1 unspecified atom stereocenters. The average Bonchev–Trinajstić information content (AvgIpc) is 2.53. The summed E-state index contributed by atoms with van der Waals surface area (Å²) in [5, 5.41) is 6.43. The van der Waals surface area contributed by atoms with Crippen molar-refractivity contribution in [1.29, 1.82) is 0 Å². The lowest BCUT2D eigenvalue weighted by Crippen LogP contribution is -2.56. The number of carbonyl (C=O) groups is 1. The Labute approximate surface area is 146 Å². The second-order valence-electron chi connectivity index (χ2n) is 5.94. The lowest BCUT2D eigenvalue weighted by atomic mass is 9.91. The van der Waals surface area contributed by atoms with Crippen molar-refractivity contribution in [1.82, 2.24) is 15.5 Å². The molecule has 0 aliphatic carbocycles. The molecule has 0 aromatic heterocycles. The highest BCUT2D eigenvalue weighted by molar-refractivity contribution is 5.86. The topological polar surface area (TPSA) is 53.6 Å². The fourth-order valence-corrected chi connectivity index (χ4v) is 3.43. The van der Waals surface area contributed by atoms with Crippen LogP contribution >= 0.6 is 24.8 Å². The molecular formula is C15H31Cl2N3O2. The van der Waals surface area contributed by atoms with Crippen molar-refractivity contribution in [3.8, 4) is 0 Å². The van der Waals surface area contributed by atoms with Crippen LogP contribution in [0.3, 0.4) is 0 Å². The average molecular weight is 356 g/mol. The van der Waals surface area contributed by atoms with Gasteiger partial charge in [-0.3, -0.25) is 9.69 Å². The van der Waals surface area contributed by atoms with E-state index < -0.39 is 5.60 Å². The van der Waals surface area contributed by atoms with E-state index in [1.807, 2.05) is 0 Å². The van der Waals surface area contributed by atoms with E-state index in [1.54, 1.807) is 7.11 Å². The molecule has 1 amide bonds. The van der Waals surface area contributed by atoms with Gasteiger partial charge in [-0.2, -0.15) is 0 Å². The van der Waals surface area contributed by atoms with Gasteiger partial charge in [0, 0.05) is 19.7 Å². The molecule has 2 heterocycles. The molecule has 2 fully saturated rings. The summed E-state index contributed by atoms with van der Waals surface area (Å²) in [4.78, 5) is 15.0. The Morgan fingerprint density at radius 2 is 2.00 bits per heavy atom. The summed E-state index contributed by atoms with van der Waals surface area (Å²) >= 11 is 0. The number of hydrogen-bond acceptors (Lipinski definition) is 4. The van der Waals surface area contributed by atoms with E-state index in [0.29, 0.717) is 6.04 Å². The summed E-state index contributed by atoms with van der Waals surface area (Å²) in [7, 11) is 1.66. The van der Waals surface area contributed by atoms with Crippen molar-refractivity contribution >= 4 is 30.7 Å². The van der Waals surface area contributed by atoms with E-state index in [4.69, 9.17) is 4.74 Å². The maximum atomic E-state index is 12.5. The van der Waals surface area contributed by atoms with Crippen LogP contribution in [0.5, 0.6) is 0 Å². The van der Waals surface area contributed by atoms with Crippen molar-refractivity contribution in [2.45, 2.75) is 50.7 Å². The molecule has 0 radical (unpaired) electrons. The molecule has 2 saturated heterocycles. The minimum Gasteiger partial charge on any atom is -0.368 e. The predicted molar refractivity (Wildman–Crippen MR) is 94.2 cm³/mol. The molecule has 0 aromatic rings. The first kappa shape index (κ1) is 21.9. The first-order valence-electron chi connectivity index (χ1n) is 8.00. The fourth-order valence-electron chi connectivity index (χ4n) is 3.43. The van der Waals surface area contributed by atoms with Crippen molar-refractivity contribution in [2.24, 2.45) is 0 Å². The smallest absolute Gasteiger partial charge is 0.252 e. The number of piperidine rings is 2. The van der Waals surface area contributed by atoms with Crippen molar-refractivity contribution < 1.29 is 9.53 Å². The Balaban J connectivity index is 0.00000220. The molecule has 7 heteroatoms. The molecule has 1 atom stereocenters. The van der Waals surface area contributed by atoms with Crippen LogP contribution in [0.2, 0.25) is 0 Å². The molecule has 2 N–H and O–H groups in total. The Kier molecular flexibility index (Phi) is 10.6. The number of halogens is 2. The van der Waals surface area contributed by atoms with Crippen molar-refractivity contribution in [3.63, 3.8) is 0 Å². The number of amides is 1. The molecule has 0 saturated carbocycles. The number of nitrogens with zero attached hydrogens (tertiary/aromatic N) is 1. The van der Waals surface area contributed by atoms with Gasteiger partial charge in [-0.05, 0) is 51.9 Å². The van der Waals surface area contributed by atoms with Crippen molar-refractivity contribution in [3.05, 3.63) is 0 Å². The SMILES string of the molecule is CCN1CCCCC1CNC(=O)C1(OC)CCNCC1.Cl.Cl. The van der Waals surface area contributed by atoms with Crippen LogP contribution in [0.4, 0.5) is 0 Å². The largest absolute Gasteiger partial charge is 0.368 e. The lowest BCUT2D eigenvalue weighted by molar-refractivity contribution is -0.147. The van der Waals surface area contributed by atoms with Crippen LogP contribution in [0.25, 0.3) is 0 Å². The number of likely N-dealkylation sites (tertiary alicyclic amines) is 1. The third kappa shape index (κ3) is 5.24. The Morgan fingerprint density at radius 1 is 1.32 bits per heavy atom. The summed E-state index contributed by atoms with van der Waals surface area (Å²) < 4.78 is 5.57. The van der Waals surface area contributed by atoms with Gasteiger partial charge in [-0.15, -0.1) is 24.8 Å². The normalized spacial score (nSPS) is 24.7. The molecule has 2 aliphatic rings. The summed E-state index contributed by atoms with van der Waals surface area (Å²) in [6.45, 7) is 6.89. The Morgan fingerprint density at radius 3 is 2.59 bits per heavy atom. The van der Waals surface area contributed by atoms with Gasteiger partial charge in [0.25, 0.3) is 5.91 Å². The zero-order valence-corrected chi connectivity index (χ0v) is 15.4. The third-order valence-corrected chi connectivity index (χ3v) is 4.87. The molecule has 0 bridgehead atoms. The van der Waals surface area contributed by atoms with E-state index in [2.05, 4.69) is 22.5 Å². The third-order valence-electron chi connectivity index (χ3n) is 4.87. The zero-order valence-electron chi connectivity index (χ0n) is 13.7. The van der Waals surface area contributed by atoms with Gasteiger partial charge < -0.3 is 15.4 Å². The van der Waals surface area contributed by atoms with Crippen LogP contribution in [0.1, 0.15) is 39.0 Å². The van der Waals surface area contributed by atoms with Crippen LogP contribution in [0, 0.1) is 0 Å². The molecule has 0 aromatic carbocycles. The molecule has 5 nitrogen and oxygen atoms in total.